The van der Waals surface area contributed by atoms with Crippen LogP contribution >= 0.6 is 11.6 Å². The molecule has 1 aromatic carbocycles. The van der Waals surface area contributed by atoms with Gasteiger partial charge in [-0.25, -0.2) is 4.39 Å². The van der Waals surface area contributed by atoms with Crippen molar-refractivity contribution in [1.29, 1.82) is 0 Å². The highest BCUT2D eigenvalue weighted by molar-refractivity contribution is 6.30. The highest BCUT2D eigenvalue weighted by atomic mass is 35.5. The molecule has 1 atom stereocenters. The Bertz CT molecular complexity index is 595. The van der Waals surface area contributed by atoms with Gasteiger partial charge in [-0.2, -0.15) is 0 Å². The number of aliphatic hydroxyl groups is 1. The number of hydrogen-bond donors (Lipinski definition) is 2. The lowest BCUT2D eigenvalue weighted by molar-refractivity contribution is 0.0333. The van der Waals surface area contributed by atoms with Crippen molar-refractivity contribution < 1.29 is 13.9 Å². The molecule has 5 heteroatoms. The SMILES string of the molecule is Cc1ccc(C(C)(O)CNCc2ccc(F)c(Cl)c2)o1. The molecule has 0 aliphatic heterocycles. The van der Waals surface area contributed by atoms with Gasteiger partial charge < -0.3 is 14.8 Å². The third kappa shape index (κ3) is 3.60. The molecule has 0 saturated carbocycles. The summed E-state index contributed by atoms with van der Waals surface area (Å²) in [5.74, 6) is 0.832. The van der Waals surface area contributed by atoms with Crippen LogP contribution in [0.25, 0.3) is 0 Å². The van der Waals surface area contributed by atoms with Crippen LogP contribution in [0.2, 0.25) is 5.02 Å². The van der Waals surface area contributed by atoms with Crippen molar-refractivity contribution in [3.8, 4) is 0 Å². The number of hydrogen-bond acceptors (Lipinski definition) is 3. The Labute approximate surface area is 122 Å². The van der Waals surface area contributed by atoms with Gasteiger partial charge in [-0.3, -0.25) is 0 Å². The molecule has 0 aliphatic carbocycles. The van der Waals surface area contributed by atoms with E-state index in [0.717, 1.165) is 11.3 Å². The van der Waals surface area contributed by atoms with Crippen LogP contribution in [-0.4, -0.2) is 11.7 Å². The van der Waals surface area contributed by atoms with Crippen molar-refractivity contribution in [2.75, 3.05) is 6.54 Å². The average Bonchev–Trinajstić information content (AvgIpc) is 2.81. The summed E-state index contributed by atoms with van der Waals surface area (Å²) in [6.45, 7) is 4.30. The average molecular weight is 298 g/mol. The largest absolute Gasteiger partial charge is 0.463 e. The Morgan fingerprint density at radius 3 is 2.70 bits per heavy atom. The van der Waals surface area contributed by atoms with Crippen molar-refractivity contribution in [2.24, 2.45) is 0 Å². The van der Waals surface area contributed by atoms with E-state index in [9.17, 15) is 9.50 Å². The number of rotatable bonds is 5. The van der Waals surface area contributed by atoms with Gasteiger partial charge in [0.25, 0.3) is 0 Å². The highest BCUT2D eigenvalue weighted by Gasteiger charge is 2.26. The van der Waals surface area contributed by atoms with Crippen molar-refractivity contribution in [1.82, 2.24) is 5.32 Å². The van der Waals surface area contributed by atoms with E-state index in [1.54, 1.807) is 25.1 Å². The Morgan fingerprint density at radius 1 is 1.35 bits per heavy atom. The zero-order valence-corrected chi connectivity index (χ0v) is 12.2. The Morgan fingerprint density at radius 2 is 2.10 bits per heavy atom. The maximum absolute atomic E-state index is 13.0. The fourth-order valence-corrected chi connectivity index (χ4v) is 2.11. The summed E-state index contributed by atoms with van der Waals surface area (Å²) in [6.07, 6.45) is 0. The third-order valence-electron chi connectivity index (χ3n) is 3.05. The summed E-state index contributed by atoms with van der Waals surface area (Å²) in [5, 5.41) is 13.5. The predicted molar refractivity (Wildman–Crippen MR) is 76.1 cm³/mol. The molecule has 3 nitrogen and oxygen atoms in total. The summed E-state index contributed by atoms with van der Waals surface area (Å²) in [7, 11) is 0. The number of aryl methyl sites for hydroxylation is 1. The van der Waals surface area contributed by atoms with E-state index in [2.05, 4.69) is 5.32 Å². The van der Waals surface area contributed by atoms with Gasteiger partial charge in [0.15, 0.2) is 0 Å². The molecule has 0 spiro atoms. The monoisotopic (exact) mass is 297 g/mol. The number of nitrogens with one attached hydrogen (secondary N) is 1. The third-order valence-corrected chi connectivity index (χ3v) is 3.34. The minimum atomic E-state index is -1.10. The molecule has 0 radical (unpaired) electrons. The van der Waals surface area contributed by atoms with E-state index in [0.29, 0.717) is 18.8 Å². The Kier molecular flexibility index (Phi) is 4.48. The van der Waals surface area contributed by atoms with E-state index in [1.807, 2.05) is 13.0 Å². The number of halogens is 2. The van der Waals surface area contributed by atoms with Crippen LogP contribution < -0.4 is 5.32 Å². The first-order chi connectivity index (χ1) is 9.38. The van der Waals surface area contributed by atoms with Crippen molar-refractivity contribution >= 4 is 11.6 Å². The summed E-state index contributed by atoms with van der Waals surface area (Å²) < 4.78 is 18.5. The fourth-order valence-electron chi connectivity index (χ4n) is 1.91. The molecular weight excluding hydrogens is 281 g/mol. The minimum Gasteiger partial charge on any atom is -0.463 e. The summed E-state index contributed by atoms with van der Waals surface area (Å²) in [5.41, 5.74) is -0.249. The molecule has 0 amide bonds. The molecular formula is C15H17ClFNO2. The summed E-state index contributed by atoms with van der Waals surface area (Å²) in [6, 6.07) is 8.11. The standard InChI is InChI=1S/C15H17ClFNO2/c1-10-3-6-14(20-10)15(2,19)9-18-8-11-4-5-13(17)12(16)7-11/h3-7,18-19H,8-9H2,1-2H3. The van der Waals surface area contributed by atoms with E-state index < -0.39 is 11.4 Å². The van der Waals surface area contributed by atoms with Crippen LogP contribution in [-0.2, 0) is 12.1 Å². The van der Waals surface area contributed by atoms with Gasteiger partial charge >= 0.3 is 0 Å². The zero-order chi connectivity index (χ0) is 14.8. The van der Waals surface area contributed by atoms with Gasteiger partial charge in [0, 0.05) is 13.1 Å². The van der Waals surface area contributed by atoms with Gasteiger partial charge in [0.1, 0.15) is 22.9 Å². The maximum Gasteiger partial charge on any atom is 0.141 e. The molecule has 0 bridgehead atoms. The van der Waals surface area contributed by atoms with E-state index >= 15 is 0 Å². The second kappa shape index (κ2) is 5.95. The van der Waals surface area contributed by atoms with Crippen LogP contribution in [0.3, 0.4) is 0 Å². The van der Waals surface area contributed by atoms with Gasteiger partial charge in [-0.05, 0) is 43.7 Å². The number of furan rings is 1. The second-order valence-electron chi connectivity index (χ2n) is 5.04. The lowest BCUT2D eigenvalue weighted by Crippen LogP contribution is -2.34. The van der Waals surface area contributed by atoms with Crippen LogP contribution in [0.1, 0.15) is 24.0 Å². The Balaban J connectivity index is 1.93. The molecule has 1 unspecified atom stereocenters. The van der Waals surface area contributed by atoms with E-state index in [1.165, 1.54) is 6.07 Å². The van der Waals surface area contributed by atoms with Gasteiger partial charge in [0.2, 0.25) is 0 Å². The second-order valence-corrected chi connectivity index (χ2v) is 5.44. The number of benzene rings is 1. The predicted octanol–water partition coefficient (Wildman–Crippen LogP) is 3.38. The maximum atomic E-state index is 13.0. The quantitative estimate of drug-likeness (QED) is 0.889. The van der Waals surface area contributed by atoms with Gasteiger partial charge in [-0.15, -0.1) is 0 Å². The molecule has 1 heterocycles. The highest BCUT2D eigenvalue weighted by Crippen LogP contribution is 2.22. The molecule has 2 N–H and O–H groups in total. The Hall–Kier alpha value is -1.36. The molecule has 2 aromatic rings. The fraction of sp³-hybridized carbons (Fsp3) is 0.333. The van der Waals surface area contributed by atoms with Crippen molar-refractivity contribution in [2.45, 2.75) is 26.0 Å². The smallest absolute Gasteiger partial charge is 0.141 e. The molecule has 0 saturated heterocycles. The molecule has 0 aliphatic rings. The topological polar surface area (TPSA) is 45.4 Å². The first kappa shape index (κ1) is 15.0. The van der Waals surface area contributed by atoms with E-state index in [4.69, 9.17) is 16.0 Å². The minimum absolute atomic E-state index is 0.0951. The lowest BCUT2D eigenvalue weighted by Gasteiger charge is -2.21. The van der Waals surface area contributed by atoms with Crippen molar-refractivity contribution in [3.05, 3.63) is 58.3 Å². The van der Waals surface area contributed by atoms with Crippen LogP contribution in [0, 0.1) is 12.7 Å². The lowest BCUT2D eigenvalue weighted by atomic mass is 10.0. The van der Waals surface area contributed by atoms with Crippen LogP contribution in [0.15, 0.2) is 34.7 Å². The summed E-state index contributed by atoms with van der Waals surface area (Å²) in [4.78, 5) is 0. The first-order valence-corrected chi connectivity index (χ1v) is 6.70. The molecule has 0 fully saturated rings. The summed E-state index contributed by atoms with van der Waals surface area (Å²) >= 11 is 5.71. The molecule has 2 rings (SSSR count). The molecule has 108 valence electrons. The zero-order valence-electron chi connectivity index (χ0n) is 11.4. The first-order valence-electron chi connectivity index (χ1n) is 6.32. The van der Waals surface area contributed by atoms with Gasteiger partial charge in [0.05, 0.1) is 5.02 Å². The van der Waals surface area contributed by atoms with Gasteiger partial charge in [-0.1, -0.05) is 17.7 Å². The van der Waals surface area contributed by atoms with Crippen LogP contribution in [0.5, 0.6) is 0 Å². The van der Waals surface area contributed by atoms with E-state index in [-0.39, 0.29) is 5.02 Å². The van der Waals surface area contributed by atoms with Crippen molar-refractivity contribution in [3.63, 3.8) is 0 Å². The normalized spacial score (nSPS) is 14.2. The van der Waals surface area contributed by atoms with Crippen LogP contribution in [0.4, 0.5) is 4.39 Å². The molecule has 1 aromatic heterocycles. The molecule has 20 heavy (non-hydrogen) atoms.